The van der Waals surface area contributed by atoms with Gasteiger partial charge in [-0.05, 0) is 47.9 Å². The van der Waals surface area contributed by atoms with E-state index in [1.165, 1.54) is 24.3 Å². The summed E-state index contributed by atoms with van der Waals surface area (Å²) in [7, 11) is 0. The van der Waals surface area contributed by atoms with Crippen LogP contribution in [0.4, 0.5) is 5.69 Å². The maximum atomic E-state index is 12.2. The van der Waals surface area contributed by atoms with Crippen LogP contribution < -0.4 is 10.1 Å². The van der Waals surface area contributed by atoms with E-state index in [9.17, 15) is 14.7 Å². The van der Waals surface area contributed by atoms with E-state index < -0.39 is 11.9 Å². The third kappa shape index (κ3) is 4.34. The number of benzene rings is 3. The molecule has 1 amide bonds. The Morgan fingerprint density at radius 2 is 1.93 bits per heavy atom. The number of nitrogens with zero attached hydrogens (tertiary/aromatic N) is 1. The number of carboxylic acids is 1. The number of nitrogens with one attached hydrogen (secondary N) is 1. The lowest BCUT2D eigenvalue weighted by molar-refractivity contribution is -0.118. The molecule has 0 heterocycles. The SMILES string of the molecule is N#Cc1cccc(NC(=O)COc2cc(C(=O)O)cc3cc(Cl)cc(Cl)c23)c1. The fraction of sp³-hybridized carbons (Fsp3) is 0.0500. The molecule has 0 saturated carbocycles. The van der Waals surface area contributed by atoms with Gasteiger partial charge in [0.1, 0.15) is 5.75 Å². The molecule has 2 N–H and O–H groups in total. The largest absolute Gasteiger partial charge is 0.483 e. The minimum absolute atomic E-state index is 0.0250. The van der Waals surface area contributed by atoms with Gasteiger partial charge < -0.3 is 15.2 Å². The van der Waals surface area contributed by atoms with Gasteiger partial charge in [0.15, 0.2) is 6.61 Å². The standard InChI is InChI=1S/C20H12Cl2N2O4/c21-14-6-12-5-13(20(26)27)7-17(19(12)16(22)8-14)28-10-18(25)24-15-3-1-2-11(4-15)9-23/h1-8H,10H2,(H,24,25)(H,26,27). The van der Waals surface area contributed by atoms with Crippen LogP contribution in [-0.4, -0.2) is 23.6 Å². The maximum absolute atomic E-state index is 12.2. The molecule has 8 heteroatoms. The Morgan fingerprint density at radius 1 is 1.14 bits per heavy atom. The number of hydrogen-bond acceptors (Lipinski definition) is 4. The molecule has 3 aromatic rings. The van der Waals surface area contributed by atoms with E-state index in [-0.39, 0.29) is 22.9 Å². The molecule has 0 unspecified atom stereocenters. The highest BCUT2D eigenvalue weighted by Gasteiger charge is 2.15. The zero-order valence-corrected chi connectivity index (χ0v) is 15.7. The Kier molecular flexibility index (Phi) is 5.69. The van der Waals surface area contributed by atoms with E-state index in [2.05, 4.69) is 5.32 Å². The number of rotatable bonds is 5. The number of nitriles is 1. The molecule has 0 aromatic heterocycles. The Hall–Kier alpha value is -3.27. The van der Waals surface area contributed by atoms with Gasteiger partial charge in [0, 0.05) is 16.1 Å². The van der Waals surface area contributed by atoms with Gasteiger partial charge in [-0.1, -0.05) is 29.3 Å². The number of aromatic carboxylic acids is 1. The molecule has 0 aliphatic heterocycles. The normalized spacial score (nSPS) is 10.3. The third-order valence-electron chi connectivity index (χ3n) is 3.81. The van der Waals surface area contributed by atoms with Crippen molar-refractivity contribution >= 4 is 51.5 Å². The molecule has 3 aromatic carbocycles. The summed E-state index contributed by atoms with van der Waals surface area (Å²) in [5, 5.41) is 22.4. The molecule has 0 bridgehead atoms. The Bertz CT molecular complexity index is 1140. The van der Waals surface area contributed by atoms with Crippen LogP contribution in [0.2, 0.25) is 10.0 Å². The molecule has 0 saturated heterocycles. The lowest BCUT2D eigenvalue weighted by atomic mass is 10.1. The fourth-order valence-electron chi connectivity index (χ4n) is 2.63. The first kappa shape index (κ1) is 19.5. The number of halogens is 2. The molecule has 0 fully saturated rings. The van der Waals surface area contributed by atoms with Crippen molar-refractivity contribution in [2.45, 2.75) is 0 Å². The molecule has 140 valence electrons. The van der Waals surface area contributed by atoms with Crippen molar-refractivity contribution in [2.24, 2.45) is 0 Å². The van der Waals surface area contributed by atoms with Crippen molar-refractivity contribution in [2.75, 3.05) is 11.9 Å². The minimum atomic E-state index is -1.15. The summed E-state index contributed by atoms with van der Waals surface area (Å²) in [6.07, 6.45) is 0. The average molecular weight is 415 g/mol. The number of amides is 1. The number of carbonyl (C=O) groups is 2. The van der Waals surface area contributed by atoms with Crippen LogP contribution in [0.5, 0.6) is 5.75 Å². The number of ether oxygens (including phenoxy) is 1. The quantitative estimate of drug-likeness (QED) is 0.628. The predicted octanol–water partition coefficient (Wildman–Crippen LogP) is 4.73. The van der Waals surface area contributed by atoms with E-state index in [1.807, 2.05) is 6.07 Å². The van der Waals surface area contributed by atoms with Crippen molar-refractivity contribution in [3.8, 4) is 11.8 Å². The lowest BCUT2D eigenvalue weighted by Gasteiger charge is -2.13. The van der Waals surface area contributed by atoms with Crippen molar-refractivity contribution in [1.82, 2.24) is 0 Å². The van der Waals surface area contributed by atoms with Crippen molar-refractivity contribution in [3.63, 3.8) is 0 Å². The highest BCUT2D eigenvalue weighted by Crippen LogP contribution is 2.36. The van der Waals surface area contributed by atoms with E-state index in [0.717, 1.165) is 0 Å². The van der Waals surface area contributed by atoms with Crippen LogP contribution in [0, 0.1) is 11.3 Å². The van der Waals surface area contributed by atoms with Gasteiger partial charge in [0.2, 0.25) is 0 Å². The second-order valence-corrected chi connectivity index (χ2v) is 6.64. The van der Waals surface area contributed by atoms with E-state index >= 15 is 0 Å². The summed E-state index contributed by atoms with van der Waals surface area (Å²) in [5.74, 6) is -1.48. The number of carboxylic acid groups (broad SMARTS) is 1. The Balaban J connectivity index is 1.86. The first-order chi connectivity index (χ1) is 13.4. The molecule has 0 radical (unpaired) electrons. The van der Waals surface area contributed by atoms with Crippen LogP contribution in [0.25, 0.3) is 10.8 Å². The second kappa shape index (κ2) is 8.17. The summed E-state index contributed by atoms with van der Waals surface area (Å²) in [6.45, 7) is -0.381. The molecule has 6 nitrogen and oxygen atoms in total. The summed E-state index contributed by atoms with van der Waals surface area (Å²) in [5.41, 5.74) is 0.826. The Morgan fingerprint density at radius 3 is 2.64 bits per heavy atom. The van der Waals surface area contributed by atoms with Gasteiger partial charge in [0.25, 0.3) is 5.91 Å². The lowest BCUT2D eigenvalue weighted by Crippen LogP contribution is -2.20. The molecule has 0 atom stereocenters. The third-order valence-corrected chi connectivity index (χ3v) is 4.33. The smallest absolute Gasteiger partial charge is 0.335 e. The van der Waals surface area contributed by atoms with Crippen molar-refractivity contribution < 1.29 is 19.4 Å². The van der Waals surface area contributed by atoms with Crippen LogP contribution in [-0.2, 0) is 4.79 Å². The first-order valence-electron chi connectivity index (χ1n) is 7.96. The number of anilines is 1. The van der Waals surface area contributed by atoms with E-state index in [1.54, 1.807) is 24.3 Å². The van der Waals surface area contributed by atoms with E-state index in [0.29, 0.717) is 27.0 Å². The van der Waals surface area contributed by atoms with Gasteiger partial charge in [-0.2, -0.15) is 5.26 Å². The van der Waals surface area contributed by atoms with Gasteiger partial charge >= 0.3 is 5.97 Å². The predicted molar refractivity (Wildman–Crippen MR) is 106 cm³/mol. The Labute approximate surface area is 169 Å². The topological polar surface area (TPSA) is 99.4 Å². The monoisotopic (exact) mass is 414 g/mol. The van der Waals surface area contributed by atoms with Gasteiger partial charge in [0.05, 0.1) is 22.2 Å². The molecular formula is C20H12Cl2N2O4. The zero-order valence-electron chi connectivity index (χ0n) is 14.2. The van der Waals surface area contributed by atoms with Crippen LogP contribution in [0.3, 0.4) is 0 Å². The number of hydrogen-bond donors (Lipinski definition) is 2. The summed E-state index contributed by atoms with van der Waals surface area (Å²) < 4.78 is 5.55. The summed E-state index contributed by atoms with van der Waals surface area (Å²) in [4.78, 5) is 23.6. The van der Waals surface area contributed by atoms with E-state index in [4.69, 9.17) is 33.2 Å². The average Bonchev–Trinajstić information content (AvgIpc) is 2.65. The molecule has 0 spiro atoms. The number of fused-ring (bicyclic) bond motifs is 1. The summed E-state index contributed by atoms with van der Waals surface area (Å²) >= 11 is 12.2. The molecule has 0 aliphatic rings. The highest BCUT2D eigenvalue weighted by molar-refractivity contribution is 6.39. The zero-order chi connectivity index (χ0) is 20.3. The van der Waals surface area contributed by atoms with Crippen LogP contribution in [0.1, 0.15) is 15.9 Å². The van der Waals surface area contributed by atoms with Gasteiger partial charge in [-0.15, -0.1) is 0 Å². The fourth-order valence-corrected chi connectivity index (χ4v) is 3.24. The van der Waals surface area contributed by atoms with Gasteiger partial charge in [-0.25, -0.2) is 4.79 Å². The first-order valence-corrected chi connectivity index (χ1v) is 8.72. The van der Waals surface area contributed by atoms with Crippen LogP contribution >= 0.6 is 23.2 Å². The maximum Gasteiger partial charge on any atom is 0.335 e. The van der Waals surface area contributed by atoms with Crippen molar-refractivity contribution in [1.29, 1.82) is 5.26 Å². The molecule has 28 heavy (non-hydrogen) atoms. The molecule has 0 aliphatic carbocycles. The van der Waals surface area contributed by atoms with Crippen LogP contribution in [0.15, 0.2) is 48.5 Å². The van der Waals surface area contributed by atoms with Gasteiger partial charge in [-0.3, -0.25) is 4.79 Å². The highest BCUT2D eigenvalue weighted by atomic mass is 35.5. The minimum Gasteiger partial charge on any atom is -0.483 e. The molecule has 3 rings (SSSR count). The molecular weight excluding hydrogens is 403 g/mol. The van der Waals surface area contributed by atoms with Crippen molar-refractivity contribution in [3.05, 3.63) is 69.7 Å². The number of carbonyl (C=O) groups excluding carboxylic acids is 1. The second-order valence-electron chi connectivity index (χ2n) is 5.79. The summed E-state index contributed by atoms with van der Waals surface area (Å²) in [6, 6.07) is 14.2.